The Kier molecular flexibility index (Phi) is 42.0. The lowest BCUT2D eigenvalue weighted by Gasteiger charge is -2.12. The fraction of sp³-hybridized carbons (Fsp3) is 0.830. The van der Waals surface area contributed by atoms with Gasteiger partial charge in [-0.05, 0) is 44.9 Å². The molecule has 0 aliphatic carbocycles. The van der Waals surface area contributed by atoms with Gasteiger partial charge in [0.2, 0.25) is 0 Å². The zero-order chi connectivity index (χ0) is 37.8. The molecule has 0 spiro atoms. The minimum Gasteiger partial charge on any atom is -0.463 e. The number of aliphatic hydroxyl groups is 1. The van der Waals surface area contributed by atoms with E-state index in [0.717, 1.165) is 38.5 Å². The number of rotatable bonds is 41. The molecule has 0 aromatic carbocycles. The van der Waals surface area contributed by atoms with Crippen LogP contribution in [0.5, 0.6) is 0 Å². The summed E-state index contributed by atoms with van der Waals surface area (Å²) in [5.41, 5.74) is 0. The average molecular weight is 731 g/mol. The third-order valence-corrected chi connectivity index (χ3v) is 9.88. The summed E-state index contributed by atoms with van der Waals surface area (Å²) in [5, 5.41) is 10.0. The van der Waals surface area contributed by atoms with Gasteiger partial charge in [-0.1, -0.05) is 211 Å². The van der Waals surface area contributed by atoms with Crippen molar-refractivity contribution in [1.82, 2.24) is 0 Å². The first-order chi connectivity index (χ1) is 25.6. The van der Waals surface area contributed by atoms with Crippen LogP contribution in [-0.2, 0) is 19.1 Å². The van der Waals surface area contributed by atoms with Crippen molar-refractivity contribution in [3.8, 4) is 0 Å². The summed E-state index contributed by atoms with van der Waals surface area (Å²) in [4.78, 5) is 24.0. The van der Waals surface area contributed by atoms with Gasteiger partial charge in [-0.3, -0.25) is 9.59 Å². The second-order valence-corrected chi connectivity index (χ2v) is 15.2. The van der Waals surface area contributed by atoms with Gasteiger partial charge in [-0.2, -0.15) is 0 Å². The highest BCUT2D eigenvalue weighted by Crippen LogP contribution is 2.15. The molecular formula is C47H86O5. The number of carbonyl (C=O) groups excluding carboxylic acids is 2. The summed E-state index contributed by atoms with van der Waals surface area (Å²) in [7, 11) is 0. The molecule has 5 nitrogen and oxygen atoms in total. The summed E-state index contributed by atoms with van der Waals surface area (Å²) < 4.78 is 10.3. The lowest BCUT2D eigenvalue weighted by Crippen LogP contribution is -2.25. The quantitative estimate of drug-likeness (QED) is 0.0385. The van der Waals surface area contributed by atoms with Gasteiger partial charge in [0.15, 0.2) is 0 Å². The zero-order valence-corrected chi connectivity index (χ0v) is 34.6. The molecule has 0 saturated heterocycles. The van der Waals surface area contributed by atoms with Crippen molar-refractivity contribution >= 4 is 11.9 Å². The maximum Gasteiger partial charge on any atom is 0.305 e. The molecule has 0 saturated carbocycles. The van der Waals surface area contributed by atoms with Gasteiger partial charge < -0.3 is 14.6 Å². The molecule has 0 amide bonds. The van der Waals surface area contributed by atoms with Crippen molar-refractivity contribution in [2.24, 2.45) is 0 Å². The molecule has 5 heteroatoms. The Morgan fingerprint density at radius 1 is 0.404 bits per heavy atom. The van der Waals surface area contributed by atoms with Crippen LogP contribution < -0.4 is 0 Å². The summed E-state index contributed by atoms with van der Waals surface area (Å²) >= 11 is 0. The van der Waals surface area contributed by atoms with Crippen LogP contribution in [0.15, 0.2) is 36.5 Å². The molecule has 0 rings (SSSR count). The monoisotopic (exact) mass is 731 g/mol. The van der Waals surface area contributed by atoms with Gasteiger partial charge in [0.1, 0.15) is 19.3 Å². The van der Waals surface area contributed by atoms with E-state index in [4.69, 9.17) is 9.47 Å². The minimum absolute atomic E-state index is 0.128. The number of hydrogen-bond acceptors (Lipinski definition) is 5. The number of allylic oxidation sites excluding steroid dienone is 6. The average Bonchev–Trinajstić information content (AvgIpc) is 3.15. The number of unbranched alkanes of at least 4 members (excludes halogenated alkanes) is 27. The molecule has 0 radical (unpaired) electrons. The fourth-order valence-electron chi connectivity index (χ4n) is 6.46. The summed E-state index contributed by atoms with van der Waals surface area (Å²) in [5.74, 6) is -0.615. The molecule has 0 heterocycles. The maximum absolute atomic E-state index is 12.0. The first-order valence-electron chi connectivity index (χ1n) is 22.5. The number of hydrogen-bond donors (Lipinski definition) is 1. The second kappa shape index (κ2) is 43.5. The van der Waals surface area contributed by atoms with Gasteiger partial charge >= 0.3 is 11.9 Å². The number of aliphatic hydroxyl groups excluding tert-OH is 1. The molecule has 304 valence electrons. The predicted molar refractivity (Wildman–Crippen MR) is 224 cm³/mol. The molecule has 0 aliphatic heterocycles. The van der Waals surface area contributed by atoms with Crippen LogP contribution in [-0.4, -0.2) is 36.4 Å². The Morgan fingerprint density at radius 3 is 1.08 bits per heavy atom. The number of carbonyl (C=O) groups is 2. The third kappa shape index (κ3) is 42.5. The second-order valence-electron chi connectivity index (χ2n) is 15.2. The molecule has 0 aromatic heterocycles. The largest absolute Gasteiger partial charge is 0.463 e. The summed E-state index contributed by atoms with van der Waals surface area (Å²) in [6.07, 6.45) is 53.7. The molecule has 0 aromatic rings. The van der Waals surface area contributed by atoms with Crippen molar-refractivity contribution in [3.63, 3.8) is 0 Å². The van der Waals surface area contributed by atoms with Crippen LogP contribution in [0.4, 0.5) is 0 Å². The van der Waals surface area contributed by atoms with Crippen LogP contribution in [0.25, 0.3) is 0 Å². The maximum atomic E-state index is 12.0. The van der Waals surface area contributed by atoms with E-state index in [0.29, 0.717) is 19.3 Å². The van der Waals surface area contributed by atoms with Gasteiger partial charge in [0.05, 0.1) is 0 Å². The SMILES string of the molecule is CCCCCCCC/C=C\C/C=C\C/C=C\CCCC(=O)OC[C@H](O)COC(=O)CCCCCCCCCCCCCCCCCCCCCCC. The van der Waals surface area contributed by atoms with Crippen molar-refractivity contribution in [2.75, 3.05) is 13.2 Å². The lowest BCUT2D eigenvalue weighted by atomic mass is 10.0. The van der Waals surface area contributed by atoms with E-state index in [-0.39, 0.29) is 25.2 Å². The molecule has 1 N–H and O–H groups in total. The van der Waals surface area contributed by atoms with Crippen LogP contribution >= 0.6 is 0 Å². The molecule has 52 heavy (non-hydrogen) atoms. The van der Waals surface area contributed by atoms with Gasteiger partial charge in [-0.25, -0.2) is 0 Å². The zero-order valence-electron chi connectivity index (χ0n) is 34.6. The first kappa shape index (κ1) is 50.1. The van der Waals surface area contributed by atoms with Gasteiger partial charge in [-0.15, -0.1) is 0 Å². The van der Waals surface area contributed by atoms with Crippen LogP contribution in [0.1, 0.15) is 232 Å². The number of ether oxygens (including phenoxy) is 2. The fourth-order valence-corrected chi connectivity index (χ4v) is 6.46. The van der Waals surface area contributed by atoms with Gasteiger partial charge in [0, 0.05) is 12.8 Å². The van der Waals surface area contributed by atoms with E-state index in [9.17, 15) is 14.7 Å². The van der Waals surface area contributed by atoms with E-state index in [1.807, 2.05) is 0 Å². The molecule has 0 bridgehead atoms. The van der Waals surface area contributed by atoms with Crippen molar-refractivity contribution in [2.45, 2.75) is 238 Å². The molecule has 0 fully saturated rings. The molecule has 1 atom stereocenters. The van der Waals surface area contributed by atoms with Crippen molar-refractivity contribution < 1.29 is 24.2 Å². The predicted octanol–water partition coefficient (Wildman–Crippen LogP) is 14.4. The highest BCUT2D eigenvalue weighted by atomic mass is 16.6. The van der Waals surface area contributed by atoms with E-state index < -0.39 is 6.10 Å². The summed E-state index contributed by atoms with van der Waals surface area (Å²) in [6, 6.07) is 0. The Hall–Kier alpha value is -1.88. The Balaban J connectivity index is 3.45. The lowest BCUT2D eigenvalue weighted by molar-refractivity contribution is -0.152. The number of esters is 2. The van der Waals surface area contributed by atoms with Gasteiger partial charge in [0.25, 0.3) is 0 Å². The van der Waals surface area contributed by atoms with Crippen molar-refractivity contribution in [3.05, 3.63) is 36.5 Å². The minimum atomic E-state index is -0.982. The topological polar surface area (TPSA) is 72.8 Å². The summed E-state index contributed by atoms with van der Waals surface area (Å²) in [6.45, 7) is 4.28. The molecular weight excluding hydrogens is 645 g/mol. The molecule has 0 unspecified atom stereocenters. The van der Waals surface area contributed by atoms with E-state index in [2.05, 4.69) is 50.3 Å². The highest BCUT2D eigenvalue weighted by molar-refractivity contribution is 5.69. The Morgan fingerprint density at radius 2 is 0.692 bits per heavy atom. The van der Waals surface area contributed by atoms with E-state index in [1.165, 1.54) is 161 Å². The first-order valence-corrected chi connectivity index (χ1v) is 22.5. The Labute approximate surface area is 323 Å². The molecule has 0 aliphatic rings. The Bertz CT molecular complexity index is 832. The van der Waals surface area contributed by atoms with E-state index in [1.54, 1.807) is 0 Å². The van der Waals surface area contributed by atoms with Crippen LogP contribution in [0.2, 0.25) is 0 Å². The normalized spacial score (nSPS) is 12.4. The van der Waals surface area contributed by atoms with Crippen LogP contribution in [0, 0.1) is 0 Å². The third-order valence-electron chi connectivity index (χ3n) is 9.88. The smallest absolute Gasteiger partial charge is 0.305 e. The standard InChI is InChI=1S/C47H86O5/c1-3-5-7-9-11-13-15-17-19-21-22-23-24-26-28-30-32-34-36-38-40-42-47(50)52-44-45(48)43-51-46(49)41-39-37-35-33-31-29-27-25-20-18-16-14-12-10-8-6-4-2/h18,20,27,29,33,35,45,48H,3-17,19,21-26,28,30-32,34,36-44H2,1-2H3/b20-18-,29-27-,35-33-/t45-/m0/s1. The van der Waals surface area contributed by atoms with Crippen LogP contribution in [0.3, 0.4) is 0 Å². The highest BCUT2D eigenvalue weighted by Gasteiger charge is 2.12. The van der Waals surface area contributed by atoms with E-state index >= 15 is 0 Å². The van der Waals surface area contributed by atoms with Crippen molar-refractivity contribution in [1.29, 1.82) is 0 Å².